The van der Waals surface area contributed by atoms with E-state index >= 15 is 0 Å². The van der Waals surface area contributed by atoms with Gasteiger partial charge in [-0.1, -0.05) is 144 Å². The molecule has 0 aliphatic carbocycles. The van der Waals surface area contributed by atoms with Crippen molar-refractivity contribution in [1.82, 2.24) is 0 Å². The number of rotatable bonds is 10. The van der Waals surface area contributed by atoms with Crippen molar-refractivity contribution in [2.24, 2.45) is 0 Å². The van der Waals surface area contributed by atoms with Gasteiger partial charge in [-0.25, -0.2) is 0 Å². The molecule has 0 amide bonds. The van der Waals surface area contributed by atoms with Crippen LogP contribution in [0.25, 0.3) is 67.8 Å². The van der Waals surface area contributed by atoms with Gasteiger partial charge in [-0.2, -0.15) is 0 Å². The summed E-state index contributed by atoms with van der Waals surface area (Å²) in [6.45, 7) is 27.2. The van der Waals surface area contributed by atoms with Gasteiger partial charge < -0.3 is 0 Å². The zero-order chi connectivity index (χ0) is 35.5. The van der Waals surface area contributed by atoms with Crippen molar-refractivity contribution in [3.63, 3.8) is 0 Å². The molecule has 0 bridgehead atoms. The lowest BCUT2D eigenvalue weighted by molar-refractivity contribution is 1.23. The van der Waals surface area contributed by atoms with E-state index in [9.17, 15) is 0 Å². The highest BCUT2D eigenvalue weighted by Gasteiger charge is 2.13. The van der Waals surface area contributed by atoms with Gasteiger partial charge in [0.1, 0.15) is 0 Å². The number of hydrogen-bond donors (Lipinski definition) is 0. The first-order valence-electron chi connectivity index (χ1n) is 17.3. The minimum absolute atomic E-state index is 0.904. The Hall–Kier alpha value is -4.98. The molecule has 0 aliphatic heterocycles. The maximum Gasteiger partial charge on any atom is 0.0361 e. The third kappa shape index (κ3) is 8.55. The van der Waals surface area contributed by atoms with Gasteiger partial charge in [-0.3, -0.25) is 0 Å². The van der Waals surface area contributed by atoms with E-state index < -0.39 is 0 Å². The number of allylic oxidation sites excluding steroid dienone is 9. The highest BCUT2D eigenvalue weighted by Crippen LogP contribution is 2.41. The molecule has 0 nitrogen and oxygen atoms in total. The van der Waals surface area contributed by atoms with Gasteiger partial charge >= 0.3 is 0 Å². The first kappa shape index (κ1) is 36.8. The summed E-state index contributed by atoms with van der Waals surface area (Å²) in [6.07, 6.45) is 22.3. The Morgan fingerprint density at radius 2 is 1.53 bits per heavy atom. The average Bonchev–Trinajstić information content (AvgIpc) is 3.50. The van der Waals surface area contributed by atoms with E-state index in [2.05, 4.69) is 157 Å². The van der Waals surface area contributed by atoms with E-state index in [1.165, 1.54) is 53.6 Å². The Bertz CT molecular complexity index is 2260. The lowest BCUT2D eigenvalue weighted by Gasteiger charge is -2.09. The molecular formula is C48H50S. The highest BCUT2D eigenvalue weighted by atomic mass is 32.1. The molecule has 5 rings (SSSR count). The summed E-state index contributed by atoms with van der Waals surface area (Å²) in [7, 11) is 0. The Balaban J connectivity index is 0.00000265. The van der Waals surface area contributed by atoms with Crippen LogP contribution in [0, 0.1) is 6.92 Å². The highest BCUT2D eigenvalue weighted by molar-refractivity contribution is 7.25. The van der Waals surface area contributed by atoms with E-state index in [4.69, 9.17) is 0 Å². The van der Waals surface area contributed by atoms with Crippen molar-refractivity contribution < 1.29 is 0 Å². The summed E-state index contributed by atoms with van der Waals surface area (Å²) in [5.41, 5.74) is 11.6. The first-order chi connectivity index (χ1) is 23.7. The van der Waals surface area contributed by atoms with Crippen molar-refractivity contribution in [3.05, 3.63) is 166 Å². The van der Waals surface area contributed by atoms with Crippen molar-refractivity contribution in [2.45, 2.75) is 54.9 Å². The first-order valence-corrected chi connectivity index (χ1v) is 18.1. The monoisotopic (exact) mass is 658 g/mol. The largest absolute Gasteiger partial charge is 0.135 e. The molecule has 0 radical (unpaired) electrons. The lowest BCUT2D eigenvalue weighted by atomic mass is 9.94. The average molecular weight is 659 g/mol. The molecule has 0 N–H and O–H groups in total. The Morgan fingerprint density at radius 3 is 2.27 bits per heavy atom. The van der Waals surface area contributed by atoms with Crippen LogP contribution in [0.5, 0.6) is 0 Å². The molecule has 0 saturated carbocycles. The summed E-state index contributed by atoms with van der Waals surface area (Å²) in [5.74, 6) is 0. The Labute approximate surface area is 298 Å². The molecule has 1 heterocycles. The van der Waals surface area contributed by atoms with E-state index in [0.717, 1.165) is 39.1 Å². The van der Waals surface area contributed by atoms with Gasteiger partial charge in [0.15, 0.2) is 0 Å². The standard InChI is InChI=1S/C46H44S.C2H6/c1-9-12-16-40-29-41(26-25-38(40)15-11-3)42-17-13-18-45-46(42)43-30-39(27-28-44(43)47-45)33(6)20-22-37-24-23-36(34(7)35(37)8)21-19-32(5)31(4)14-10-2;1-2/h10-30H,4-5,8-9H2,1-3,6-7H3;1-2H3/b14-10-,15-11-,16-12+,21-19-,33-20+,37-22-;. The van der Waals surface area contributed by atoms with E-state index in [1.807, 2.05) is 50.3 Å². The molecule has 0 atom stereocenters. The summed E-state index contributed by atoms with van der Waals surface area (Å²) in [4.78, 5) is 0. The minimum Gasteiger partial charge on any atom is -0.135 e. The molecule has 0 aliphatic rings. The Morgan fingerprint density at radius 1 is 0.776 bits per heavy atom. The summed E-state index contributed by atoms with van der Waals surface area (Å²) < 4.78 is 2.62. The molecule has 0 fully saturated rings. The summed E-state index contributed by atoms with van der Waals surface area (Å²) in [5, 5.41) is 4.78. The molecule has 5 aromatic rings. The predicted molar refractivity (Wildman–Crippen MR) is 226 cm³/mol. The van der Waals surface area contributed by atoms with Crippen LogP contribution in [0.4, 0.5) is 0 Å². The molecule has 0 unspecified atom stereocenters. The van der Waals surface area contributed by atoms with Gasteiger partial charge in [-0.05, 0) is 124 Å². The fraction of sp³-hybridized carbons (Fsp3) is 0.167. The fourth-order valence-electron chi connectivity index (χ4n) is 5.82. The maximum atomic E-state index is 4.42. The minimum atomic E-state index is 0.904. The quantitative estimate of drug-likeness (QED) is 0.131. The van der Waals surface area contributed by atoms with Crippen LogP contribution in [0.1, 0.15) is 75.8 Å². The van der Waals surface area contributed by atoms with E-state index in [1.54, 1.807) is 0 Å². The van der Waals surface area contributed by atoms with Crippen molar-refractivity contribution in [3.8, 4) is 11.1 Å². The van der Waals surface area contributed by atoms with Crippen LogP contribution in [-0.2, 0) is 0 Å². The zero-order valence-electron chi connectivity index (χ0n) is 30.4. The second-order valence-corrected chi connectivity index (χ2v) is 13.0. The van der Waals surface area contributed by atoms with Crippen molar-refractivity contribution in [2.75, 3.05) is 0 Å². The zero-order valence-corrected chi connectivity index (χ0v) is 31.2. The molecule has 1 aromatic heterocycles. The number of thiophene rings is 1. The number of benzene rings is 4. The molecule has 1 heteroatoms. The third-order valence-corrected chi connectivity index (χ3v) is 9.80. The number of fused-ring (bicyclic) bond motifs is 3. The third-order valence-electron chi connectivity index (χ3n) is 8.66. The lowest BCUT2D eigenvalue weighted by Crippen LogP contribution is -2.26. The van der Waals surface area contributed by atoms with Crippen LogP contribution in [-0.4, -0.2) is 0 Å². The van der Waals surface area contributed by atoms with Crippen LogP contribution >= 0.6 is 11.3 Å². The van der Waals surface area contributed by atoms with E-state index in [-0.39, 0.29) is 0 Å². The van der Waals surface area contributed by atoms with Gasteiger partial charge in [0.05, 0.1) is 0 Å². The molecule has 0 spiro atoms. The summed E-state index contributed by atoms with van der Waals surface area (Å²) in [6, 6.07) is 24.7. The van der Waals surface area contributed by atoms with Crippen molar-refractivity contribution in [1.29, 1.82) is 0 Å². The van der Waals surface area contributed by atoms with Gasteiger partial charge in [0, 0.05) is 20.2 Å². The smallest absolute Gasteiger partial charge is 0.0361 e. The van der Waals surface area contributed by atoms with Gasteiger partial charge in [0.2, 0.25) is 0 Å². The van der Waals surface area contributed by atoms with Crippen molar-refractivity contribution >= 4 is 68.0 Å². The van der Waals surface area contributed by atoms with Gasteiger partial charge in [0.25, 0.3) is 0 Å². The number of hydrogen-bond acceptors (Lipinski definition) is 1. The molecular weight excluding hydrogens is 609 g/mol. The van der Waals surface area contributed by atoms with Crippen LogP contribution in [0.3, 0.4) is 0 Å². The predicted octanol–water partition coefficient (Wildman–Crippen LogP) is 13.5. The maximum absolute atomic E-state index is 4.42. The second kappa shape index (κ2) is 17.4. The SMILES string of the molecule is C=C(/C=C\C)C(=C)/C=C\c1cc/c(=C/C=C(\C)c2ccc3sc4cccc(-c5ccc(/C=C\C)c(/C=C/CC)c5)c4c3c2)c(=C)c1C.CC. The molecule has 0 saturated heterocycles. The van der Waals surface area contributed by atoms with Crippen LogP contribution < -0.4 is 10.4 Å². The fourth-order valence-corrected chi connectivity index (χ4v) is 6.94. The van der Waals surface area contributed by atoms with Gasteiger partial charge in [-0.15, -0.1) is 11.3 Å². The molecule has 4 aromatic carbocycles. The molecule has 248 valence electrons. The second-order valence-electron chi connectivity index (χ2n) is 11.9. The normalized spacial score (nSPS) is 12.6. The molecule has 49 heavy (non-hydrogen) atoms. The summed E-state index contributed by atoms with van der Waals surface area (Å²) >= 11 is 1.87. The van der Waals surface area contributed by atoms with E-state index in [0.29, 0.717) is 0 Å². The topological polar surface area (TPSA) is 0 Å². The van der Waals surface area contributed by atoms with Crippen LogP contribution in [0.15, 0.2) is 127 Å². The van der Waals surface area contributed by atoms with Crippen LogP contribution in [0.2, 0.25) is 0 Å². The Kier molecular flexibility index (Phi) is 13.1.